The molecule has 5 N–H and O–H groups in total. The Bertz CT molecular complexity index is 403. The fraction of sp³-hybridized carbons (Fsp3) is 0.364. The second kappa shape index (κ2) is 7.23. The van der Waals surface area contributed by atoms with E-state index in [0.717, 1.165) is 0 Å². The number of nitro groups is 1. The molecule has 1 aromatic rings. The number of anilines is 1. The van der Waals surface area contributed by atoms with Crippen LogP contribution in [0.4, 0.5) is 11.4 Å². The maximum absolute atomic E-state index is 10.1. The minimum atomic E-state index is -0.931. The number of rotatable bonds is 3. The van der Waals surface area contributed by atoms with Gasteiger partial charge in [0.25, 0.3) is 5.69 Å². The quantitative estimate of drug-likeness (QED) is 0.422. The predicted octanol–water partition coefficient (Wildman–Crippen LogP) is 1.23. The number of hydrogen-bond acceptors (Lipinski definition) is 5. The van der Waals surface area contributed by atoms with Crippen molar-refractivity contribution in [1.29, 1.82) is 0 Å². The zero-order chi connectivity index (χ0) is 14.3. The number of carbonyl (C=O) groups is 1. The molecule has 0 bridgehead atoms. The van der Waals surface area contributed by atoms with Crippen molar-refractivity contribution >= 4 is 17.3 Å². The van der Waals surface area contributed by atoms with Crippen LogP contribution in [-0.4, -0.2) is 22.0 Å². The first-order chi connectivity index (χ1) is 8.25. The molecule has 0 amide bonds. The van der Waals surface area contributed by atoms with Crippen molar-refractivity contribution in [3.8, 4) is 0 Å². The van der Waals surface area contributed by atoms with E-state index in [4.69, 9.17) is 16.6 Å². The van der Waals surface area contributed by atoms with Crippen LogP contribution in [0.1, 0.15) is 13.8 Å². The van der Waals surface area contributed by atoms with Crippen LogP contribution in [0.3, 0.4) is 0 Å². The molecular weight excluding hydrogens is 238 g/mol. The van der Waals surface area contributed by atoms with Crippen LogP contribution >= 0.6 is 0 Å². The smallest absolute Gasteiger partial charge is 0.320 e. The number of benzene rings is 1. The lowest BCUT2D eigenvalue weighted by Gasteiger charge is -2.07. The molecule has 1 unspecified atom stereocenters. The summed E-state index contributed by atoms with van der Waals surface area (Å²) < 4.78 is 0. The second-order valence-electron chi connectivity index (χ2n) is 3.96. The van der Waals surface area contributed by atoms with E-state index >= 15 is 0 Å². The first-order valence-electron chi connectivity index (χ1n) is 5.24. The molecule has 1 rings (SSSR count). The topological polar surface area (TPSA) is 132 Å². The monoisotopic (exact) mass is 255 g/mol. The SMILES string of the molecule is CC(C)C(N)C(=O)O.Nc1ccc([N+](=O)[O-])cc1. The highest BCUT2D eigenvalue weighted by atomic mass is 16.6. The van der Waals surface area contributed by atoms with Gasteiger partial charge in [-0.25, -0.2) is 0 Å². The standard InChI is InChI=1S/C6H6N2O2.C5H11NO2/c7-5-1-3-6(4-2-5)8(9)10;1-3(2)4(6)5(7)8/h1-4H,7H2;3-4H,6H2,1-2H3,(H,7,8). The molecule has 1 aromatic carbocycles. The number of carboxylic acid groups (broad SMARTS) is 1. The van der Waals surface area contributed by atoms with E-state index in [1.165, 1.54) is 24.3 Å². The Hall–Kier alpha value is -2.15. The zero-order valence-electron chi connectivity index (χ0n) is 10.2. The van der Waals surface area contributed by atoms with Gasteiger partial charge in [-0.2, -0.15) is 0 Å². The molecule has 0 aliphatic rings. The van der Waals surface area contributed by atoms with E-state index in [1.54, 1.807) is 13.8 Å². The molecule has 0 saturated carbocycles. The number of non-ortho nitro benzene ring substituents is 1. The van der Waals surface area contributed by atoms with Gasteiger partial charge in [0.2, 0.25) is 0 Å². The number of nitrogens with zero attached hydrogens (tertiary/aromatic N) is 1. The molecule has 18 heavy (non-hydrogen) atoms. The van der Waals surface area contributed by atoms with Crippen molar-refractivity contribution in [3.63, 3.8) is 0 Å². The third kappa shape index (κ3) is 5.80. The summed E-state index contributed by atoms with van der Waals surface area (Å²) in [4.78, 5) is 19.6. The third-order valence-electron chi connectivity index (χ3n) is 2.11. The molecule has 7 nitrogen and oxygen atoms in total. The summed E-state index contributed by atoms with van der Waals surface area (Å²) >= 11 is 0. The number of nitrogen functional groups attached to an aromatic ring is 1. The van der Waals surface area contributed by atoms with Crippen LogP contribution in [-0.2, 0) is 4.79 Å². The summed E-state index contributed by atoms with van der Waals surface area (Å²) in [6, 6.07) is 5.02. The summed E-state index contributed by atoms with van der Waals surface area (Å²) in [5.41, 5.74) is 11.1. The average Bonchev–Trinajstić information content (AvgIpc) is 2.29. The van der Waals surface area contributed by atoms with Crippen molar-refractivity contribution < 1.29 is 14.8 Å². The Morgan fingerprint density at radius 1 is 1.33 bits per heavy atom. The summed E-state index contributed by atoms with van der Waals surface area (Å²) in [6.07, 6.45) is 0. The number of aliphatic carboxylic acids is 1. The van der Waals surface area contributed by atoms with Crippen LogP contribution in [0.25, 0.3) is 0 Å². The Morgan fingerprint density at radius 3 is 2.00 bits per heavy atom. The first kappa shape index (κ1) is 15.9. The molecule has 7 heteroatoms. The predicted molar refractivity (Wildman–Crippen MR) is 68.0 cm³/mol. The highest BCUT2D eigenvalue weighted by Crippen LogP contribution is 2.12. The lowest BCUT2D eigenvalue weighted by molar-refractivity contribution is -0.384. The minimum absolute atomic E-state index is 0.0208. The molecular formula is C11H17N3O4. The zero-order valence-corrected chi connectivity index (χ0v) is 10.2. The molecule has 0 saturated heterocycles. The number of carboxylic acids is 1. The third-order valence-corrected chi connectivity index (χ3v) is 2.11. The minimum Gasteiger partial charge on any atom is -0.480 e. The van der Waals surface area contributed by atoms with Crippen molar-refractivity contribution in [3.05, 3.63) is 34.4 Å². The van der Waals surface area contributed by atoms with Crippen LogP contribution in [0.5, 0.6) is 0 Å². The molecule has 0 aliphatic heterocycles. The summed E-state index contributed by atoms with van der Waals surface area (Å²) in [5.74, 6) is -0.910. The normalized spacial score (nSPS) is 11.3. The van der Waals surface area contributed by atoms with Gasteiger partial charge in [0, 0.05) is 17.8 Å². The number of hydrogen-bond donors (Lipinski definition) is 3. The second-order valence-corrected chi connectivity index (χ2v) is 3.96. The average molecular weight is 255 g/mol. The molecule has 0 heterocycles. The molecule has 0 aromatic heterocycles. The van der Waals surface area contributed by atoms with Gasteiger partial charge >= 0.3 is 5.97 Å². The molecule has 0 spiro atoms. The van der Waals surface area contributed by atoms with E-state index in [1.807, 2.05) is 0 Å². The summed E-state index contributed by atoms with van der Waals surface area (Å²) in [7, 11) is 0. The van der Waals surface area contributed by atoms with E-state index in [9.17, 15) is 14.9 Å². The van der Waals surface area contributed by atoms with Crippen molar-refractivity contribution in [2.75, 3.05) is 5.73 Å². The fourth-order valence-electron chi connectivity index (χ4n) is 0.881. The Labute approximate surface area is 105 Å². The lowest BCUT2D eigenvalue weighted by atomic mass is 10.1. The van der Waals surface area contributed by atoms with E-state index in [-0.39, 0.29) is 11.6 Å². The van der Waals surface area contributed by atoms with Crippen molar-refractivity contribution in [1.82, 2.24) is 0 Å². The first-order valence-corrected chi connectivity index (χ1v) is 5.24. The van der Waals surface area contributed by atoms with Gasteiger partial charge in [0.05, 0.1) is 4.92 Å². The fourth-order valence-corrected chi connectivity index (χ4v) is 0.881. The van der Waals surface area contributed by atoms with Gasteiger partial charge in [-0.1, -0.05) is 13.8 Å². The molecule has 100 valence electrons. The van der Waals surface area contributed by atoms with Gasteiger partial charge in [0.1, 0.15) is 6.04 Å². The van der Waals surface area contributed by atoms with Crippen LogP contribution < -0.4 is 11.5 Å². The molecule has 0 aliphatic carbocycles. The van der Waals surface area contributed by atoms with E-state index in [2.05, 4.69) is 0 Å². The van der Waals surface area contributed by atoms with Gasteiger partial charge in [0.15, 0.2) is 0 Å². The van der Waals surface area contributed by atoms with E-state index < -0.39 is 16.9 Å². The van der Waals surface area contributed by atoms with Gasteiger partial charge in [-0.15, -0.1) is 0 Å². The van der Waals surface area contributed by atoms with Gasteiger partial charge < -0.3 is 16.6 Å². The molecule has 0 fully saturated rings. The highest BCUT2D eigenvalue weighted by Gasteiger charge is 2.14. The number of nitrogens with two attached hydrogens (primary N) is 2. The highest BCUT2D eigenvalue weighted by molar-refractivity contribution is 5.73. The van der Waals surface area contributed by atoms with Crippen LogP contribution in [0.15, 0.2) is 24.3 Å². The molecule has 1 atom stereocenters. The van der Waals surface area contributed by atoms with E-state index in [0.29, 0.717) is 5.69 Å². The van der Waals surface area contributed by atoms with Crippen LogP contribution in [0.2, 0.25) is 0 Å². The van der Waals surface area contributed by atoms with Crippen molar-refractivity contribution in [2.24, 2.45) is 11.7 Å². The van der Waals surface area contributed by atoms with Gasteiger partial charge in [-0.05, 0) is 18.1 Å². The molecule has 0 radical (unpaired) electrons. The number of nitro benzene ring substituents is 1. The Kier molecular flexibility index (Phi) is 6.37. The Balaban J connectivity index is 0.000000331. The van der Waals surface area contributed by atoms with Crippen molar-refractivity contribution in [2.45, 2.75) is 19.9 Å². The Morgan fingerprint density at radius 2 is 1.78 bits per heavy atom. The maximum atomic E-state index is 10.1. The summed E-state index contributed by atoms with van der Waals surface area (Å²) in [6.45, 7) is 3.55. The van der Waals surface area contributed by atoms with Gasteiger partial charge in [-0.3, -0.25) is 14.9 Å². The summed E-state index contributed by atoms with van der Waals surface area (Å²) in [5, 5.41) is 18.3. The maximum Gasteiger partial charge on any atom is 0.320 e. The lowest BCUT2D eigenvalue weighted by Crippen LogP contribution is -2.34. The van der Waals surface area contributed by atoms with Crippen LogP contribution in [0, 0.1) is 16.0 Å². The largest absolute Gasteiger partial charge is 0.480 e.